The van der Waals surface area contributed by atoms with Crippen molar-refractivity contribution < 1.29 is 9.59 Å². The van der Waals surface area contributed by atoms with E-state index in [4.69, 9.17) is 0 Å². The Morgan fingerprint density at radius 2 is 1.97 bits per heavy atom. The van der Waals surface area contributed by atoms with Crippen LogP contribution in [0.1, 0.15) is 71.4 Å². The number of likely N-dealkylation sites (N-methyl/N-ethyl adjacent to an activating group) is 1. The third-order valence-electron chi connectivity index (χ3n) is 10.2. The SMILES string of the molecule is CCc1cccc(NC(=O)C[C@H]2CCC3C4CCC5N(C)C(=O)C=C[C@]5(C)C4CC[C@@]32C)n1. The molecule has 0 spiro atoms. The van der Waals surface area contributed by atoms with Crippen LogP contribution < -0.4 is 5.32 Å². The molecule has 1 aromatic rings. The summed E-state index contributed by atoms with van der Waals surface area (Å²) in [5.74, 6) is 3.40. The number of nitrogens with one attached hydrogen (secondary N) is 1. The van der Waals surface area contributed by atoms with Gasteiger partial charge in [-0.25, -0.2) is 4.98 Å². The minimum absolute atomic E-state index is 0.0817. The standard InChI is InChI=1S/C28H39N3O2/c1-5-19-7-6-8-24(29-19)30-25(32)17-18-9-11-21-20-10-12-23-28(3,16-14-26(33)31(23)4)22(20)13-15-27(18,21)2/h6-8,14,16,18,20-23H,5,9-13,15,17H2,1-4H3,(H,29,30,32)/t18-,20?,21?,22?,23?,27-,28-/m1/s1. The average Bonchev–Trinajstić information content (AvgIpc) is 3.13. The Balaban J connectivity index is 1.30. The molecule has 5 nitrogen and oxygen atoms in total. The van der Waals surface area contributed by atoms with Gasteiger partial charge in [-0.15, -0.1) is 0 Å². The van der Waals surface area contributed by atoms with Crippen LogP contribution in [0.2, 0.25) is 0 Å². The van der Waals surface area contributed by atoms with Crippen LogP contribution in [0.5, 0.6) is 0 Å². The Bertz CT molecular complexity index is 974. The van der Waals surface area contributed by atoms with Crippen molar-refractivity contribution in [3.05, 3.63) is 36.0 Å². The van der Waals surface area contributed by atoms with Crippen molar-refractivity contribution in [2.24, 2.45) is 34.5 Å². The summed E-state index contributed by atoms with van der Waals surface area (Å²) in [6.07, 6.45) is 12.6. The van der Waals surface area contributed by atoms with Gasteiger partial charge in [0.05, 0.1) is 0 Å². The molecule has 3 aliphatic carbocycles. The van der Waals surface area contributed by atoms with E-state index >= 15 is 0 Å². The number of hydrogen-bond acceptors (Lipinski definition) is 3. The van der Waals surface area contributed by atoms with E-state index in [0.29, 0.717) is 42.0 Å². The lowest BCUT2D eigenvalue weighted by molar-refractivity contribution is -0.139. The highest BCUT2D eigenvalue weighted by Crippen LogP contribution is 2.65. The Morgan fingerprint density at radius 1 is 1.15 bits per heavy atom. The van der Waals surface area contributed by atoms with Crippen molar-refractivity contribution >= 4 is 17.6 Å². The van der Waals surface area contributed by atoms with Crippen LogP contribution in [0.15, 0.2) is 30.4 Å². The number of carbonyl (C=O) groups excluding carboxylic acids is 2. The summed E-state index contributed by atoms with van der Waals surface area (Å²) in [4.78, 5) is 31.8. The molecule has 2 heterocycles. The minimum atomic E-state index is 0.0817. The molecule has 0 saturated heterocycles. The highest BCUT2D eigenvalue weighted by molar-refractivity contribution is 5.90. The molecular weight excluding hydrogens is 410 g/mol. The molecule has 1 aliphatic heterocycles. The molecule has 1 N–H and O–H groups in total. The lowest BCUT2D eigenvalue weighted by atomic mass is 9.47. The molecule has 7 atom stereocenters. The molecule has 5 heteroatoms. The van der Waals surface area contributed by atoms with Gasteiger partial charge < -0.3 is 10.2 Å². The first kappa shape index (κ1) is 22.6. The van der Waals surface area contributed by atoms with Crippen molar-refractivity contribution in [1.82, 2.24) is 9.88 Å². The smallest absolute Gasteiger partial charge is 0.246 e. The van der Waals surface area contributed by atoms with E-state index in [0.717, 1.165) is 25.0 Å². The second-order valence-electron chi connectivity index (χ2n) is 11.6. The number of aryl methyl sites for hydroxylation is 1. The van der Waals surface area contributed by atoms with Crippen LogP contribution in [-0.2, 0) is 16.0 Å². The van der Waals surface area contributed by atoms with Gasteiger partial charge in [0, 0.05) is 30.6 Å². The summed E-state index contributed by atoms with van der Waals surface area (Å²) in [6.45, 7) is 6.94. The van der Waals surface area contributed by atoms with Crippen LogP contribution in [0, 0.1) is 34.5 Å². The predicted molar refractivity (Wildman–Crippen MR) is 130 cm³/mol. The highest BCUT2D eigenvalue weighted by Gasteiger charge is 2.60. The second-order valence-corrected chi connectivity index (χ2v) is 11.6. The topological polar surface area (TPSA) is 62.3 Å². The average molecular weight is 450 g/mol. The van der Waals surface area contributed by atoms with E-state index in [9.17, 15) is 9.59 Å². The number of carbonyl (C=O) groups is 2. The molecule has 0 aromatic carbocycles. The van der Waals surface area contributed by atoms with Crippen LogP contribution in [0.25, 0.3) is 0 Å². The molecule has 5 rings (SSSR count). The Morgan fingerprint density at radius 3 is 2.76 bits per heavy atom. The quantitative estimate of drug-likeness (QED) is 0.685. The van der Waals surface area contributed by atoms with E-state index < -0.39 is 0 Å². The Hall–Kier alpha value is -2.17. The zero-order valence-electron chi connectivity index (χ0n) is 20.6. The Labute approximate surface area is 198 Å². The zero-order chi connectivity index (χ0) is 23.4. The maximum absolute atomic E-state index is 13.0. The maximum atomic E-state index is 13.0. The third-order valence-corrected chi connectivity index (χ3v) is 10.2. The van der Waals surface area contributed by atoms with E-state index in [1.165, 1.54) is 25.7 Å². The molecule has 0 radical (unpaired) electrons. The number of amides is 2. The number of anilines is 1. The van der Waals surface area contributed by atoms with Gasteiger partial charge in [0.2, 0.25) is 11.8 Å². The van der Waals surface area contributed by atoms with Gasteiger partial charge in [-0.3, -0.25) is 9.59 Å². The van der Waals surface area contributed by atoms with E-state index in [1.807, 2.05) is 36.2 Å². The third kappa shape index (κ3) is 3.63. The summed E-state index contributed by atoms with van der Waals surface area (Å²) in [5.41, 5.74) is 1.32. The first-order valence-electron chi connectivity index (χ1n) is 13.0. The largest absolute Gasteiger partial charge is 0.338 e. The number of pyridine rings is 1. The van der Waals surface area contributed by atoms with Crippen LogP contribution >= 0.6 is 0 Å². The number of nitrogens with zero attached hydrogens (tertiary/aromatic N) is 2. The van der Waals surface area contributed by atoms with Crippen molar-refractivity contribution in [2.75, 3.05) is 12.4 Å². The summed E-state index contributed by atoms with van der Waals surface area (Å²) in [6, 6.07) is 6.19. The van der Waals surface area contributed by atoms with E-state index in [2.05, 4.69) is 37.1 Å². The van der Waals surface area contributed by atoms with Crippen LogP contribution in [-0.4, -0.2) is 34.8 Å². The van der Waals surface area contributed by atoms with Gasteiger partial charge in [-0.1, -0.05) is 32.9 Å². The van der Waals surface area contributed by atoms with Gasteiger partial charge in [-0.2, -0.15) is 0 Å². The number of aromatic nitrogens is 1. The maximum Gasteiger partial charge on any atom is 0.246 e. The normalized spacial score (nSPS) is 39.6. The van der Waals surface area contributed by atoms with Crippen molar-refractivity contribution in [3.8, 4) is 0 Å². The van der Waals surface area contributed by atoms with Crippen molar-refractivity contribution in [1.29, 1.82) is 0 Å². The molecule has 178 valence electrons. The van der Waals surface area contributed by atoms with Gasteiger partial charge in [0.25, 0.3) is 0 Å². The number of rotatable bonds is 4. The lowest BCUT2D eigenvalue weighted by Gasteiger charge is -2.60. The van der Waals surface area contributed by atoms with Crippen molar-refractivity contribution in [2.45, 2.75) is 78.2 Å². The first-order chi connectivity index (χ1) is 15.8. The summed E-state index contributed by atoms with van der Waals surface area (Å²) < 4.78 is 0. The number of hydrogen-bond donors (Lipinski definition) is 1. The molecule has 4 unspecified atom stereocenters. The van der Waals surface area contributed by atoms with Gasteiger partial charge in [0.15, 0.2) is 0 Å². The summed E-state index contributed by atoms with van der Waals surface area (Å²) in [5, 5.41) is 3.07. The molecule has 4 aliphatic rings. The summed E-state index contributed by atoms with van der Waals surface area (Å²) in [7, 11) is 1.98. The number of fused-ring (bicyclic) bond motifs is 5. The monoisotopic (exact) mass is 449 g/mol. The zero-order valence-corrected chi connectivity index (χ0v) is 20.6. The molecule has 3 saturated carbocycles. The highest BCUT2D eigenvalue weighted by atomic mass is 16.2. The van der Waals surface area contributed by atoms with Gasteiger partial charge in [0.1, 0.15) is 5.82 Å². The predicted octanol–water partition coefficient (Wildman–Crippen LogP) is 5.23. The Kier molecular flexibility index (Phi) is 5.65. The van der Waals surface area contributed by atoms with Gasteiger partial charge in [-0.05, 0) is 92.2 Å². The van der Waals surface area contributed by atoms with Crippen molar-refractivity contribution in [3.63, 3.8) is 0 Å². The second kappa shape index (κ2) is 8.25. The molecule has 3 fully saturated rings. The van der Waals surface area contributed by atoms with Crippen LogP contribution in [0.3, 0.4) is 0 Å². The molecular formula is C28H39N3O2. The fourth-order valence-corrected chi connectivity index (χ4v) is 8.35. The fraction of sp³-hybridized carbons (Fsp3) is 0.679. The summed E-state index contributed by atoms with van der Waals surface area (Å²) >= 11 is 0. The van der Waals surface area contributed by atoms with Crippen LogP contribution in [0.4, 0.5) is 5.82 Å². The van der Waals surface area contributed by atoms with E-state index in [1.54, 1.807) is 0 Å². The lowest BCUT2D eigenvalue weighted by Crippen LogP contribution is -2.59. The molecule has 0 bridgehead atoms. The molecule has 33 heavy (non-hydrogen) atoms. The van der Waals surface area contributed by atoms with E-state index in [-0.39, 0.29) is 22.6 Å². The first-order valence-corrected chi connectivity index (χ1v) is 13.0. The molecule has 1 aromatic heterocycles. The molecule has 2 amide bonds. The fourth-order valence-electron chi connectivity index (χ4n) is 8.35. The minimum Gasteiger partial charge on any atom is -0.338 e. The van der Waals surface area contributed by atoms with Gasteiger partial charge >= 0.3 is 0 Å².